The van der Waals surface area contributed by atoms with Crippen LogP contribution >= 0.6 is 0 Å². The number of hydrogen-bond acceptors (Lipinski definition) is 6. The van der Waals surface area contributed by atoms with Gasteiger partial charge in [-0.3, -0.25) is 4.79 Å². The molecule has 1 saturated heterocycles. The van der Waals surface area contributed by atoms with Crippen molar-refractivity contribution in [3.8, 4) is 11.5 Å². The predicted molar refractivity (Wildman–Crippen MR) is 92.3 cm³/mol. The first kappa shape index (κ1) is 15.7. The van der Waals surface area contributed by atoms with Crippen LogP contribution in [0, 0.1) is 0 Å². The van der Waals surface area contributed by atoms with Crippen molar-refractivity contribution in [3.63, 3.8) is 0 Å². The number of nitrogens with zero attached hydrogens (tertiary/aromatic N) is 2. The summed E-state index contributed by atoms with van der Waals surface area (Å²) in [6.45, 7) is 3.31. The van der Waals surface area contributed by atoms with Gasteiger partial charge >= 0.3 is 0 Å². The second kappa shape index (κ2) is 6.98. The van der Waals surface area contributed by atoms with Crippen LogP contribution in [0.4, 0.5) is 11.5 Å². The third-order valence-corrected chi connectivity index (χ3v) is 4.18. The summed E-state index contributed by atoms with van der Waals surface area (Å²) in [5, 5.41) is 2.77. The minimum absolute atomic E-state index is 0.175. The molecule has 1 atom stereocenters. The van der Waals surface area contributed by atoms with Gasteiger partial charge in [0, 0.05) is 13.1 Å². The molecule has 7 nitrogen and oxygen atoms in total. The molecule has 0 saturated carbocycles. The number of para-hydroxylation sites is 2. The molecular weight excluding hydrogens is 322 g/mol. The lowest BCUT2D eigenvalue weighted by Crippen LogP contribution is -2.40. The molecule has 0 bridgehead atoms. The minimum atomic E-state index is -0.699. The first-order valence-corrected chi connectivity index (χ1v) is 8.28. The largest absolute Gasteiger partial charge is 0.485 e. The summed E-state index contributed by atoms with van der Waals surface area (Å²) in [5.41, 5.74) is 1.02. The van der Waals surface area contributed by atoms with E-state index in [1.54, 1.807) is 18.3 Å². The first-order valence-electron chi connectivity index (χ1n) is 8.28. The van der Waals surface area contributed by atoms with Crippen LogP contribution in [0.5, 0.6) is 11.5 Å². The molecular formula is C18H19N3O4. The quantitative estimate of drug-likeness (QED) is 0.916. The number of anilines is 2. The Morgan fingerprint density at radius 3 is 2.68 bits per heavy atom. The molecule has 2 aliphatic rings. The number of morpholine rings is 1. The molecule has 1 aromatic carbocycles. The zero-order valence-corrected chi connectivity index (χ0v) is 13.7. The number of rotatable bonds is 3. The highest BCUT2D eigenvalue weighted by Crippen LogP contribution is 2.31. The molecule has 3 heterocycles. The summed E-state index contributed by atoms with van der Waals surface area (Å²) in [4.78, 5) is 18.9. The van der Waals surface area contributed by atoms with Crippen LogP contribution in [0.1, 0.15) is 0 Å². The van der Waals surface area contributed by atoms with E-state index >= 15 is 0 Å². The van der Waals surface area contributed by atoms with Crippen LogP contribution in [-0.4, -0.2) is 49.9 Å². The van der Waals surface area contributed by atoms with Crippen LogP contribution in [0.15, 0.2) is 42.6 Å². The normalized spacial score (nSPS) is 19.4. The Morgan fingerprint density at radius 2 is 1.92 bits per heavy atom. The summed E-state index contributed by atoms with van der Waals surface area (Å²) in [7, 11) is 0. The Bertz CT molecular complexity index is 744. The fourth-order valence-corrected chi connectivity index (χ4v) is 2.82. The van der Waals surface area contributed by atoms with Gasteiger partial charge in [0.25, 0.3) is 5.91 Å². The van der Waals surface area contributed by atoms with Crippen molar-refractivity contribution in [3.05, 3.63) is 42.6 Å². The molecule has 2 aromatic rings. The Morgan fingerprint density at radius 1 is 1.12 bits per heavy atom. The zero-order valence-electron chi connectivity index (χ0n) is 13.7. The maximum Gasteiger partial charge on any atom is 0.270 e. The number of nitrogens with one attached hydrogen (secondary N) is 1. The van der Waals surface area contributed by atoms with E-state index in [1.165, 1.54) is 0 Å². The van der Waals surface area contributed by atoms with E-state index in [2.05, 4.69) is 15.2 Å². The van der Waals surface area contributed by atoms with Gasteiger partial charge in [0.15, 0.2) is 11.5 Å². The second-order valence-corrected chi connectivity index (χ2v) is 5.85. The molecule has 0 aliphatic carbocycles. The van der Waals surface area contributed by atoms with Gasteiger partial charge in [-0.1, -0.05) is 12.1 Å². The minimum Gasteiger partial charge on any atom is -0.485 e. The topological polar surface area (TPSA) is 72.9 Å². The number of aromatic nitrogens is 1. The number of carbonyl (C=O) groups excluding carboxylic acids is 1. The van der Waals surface area contributed by atoms with E-state index in [0.29, 0.717) is 17.3 Å². The van der Waals surface area contributed by atoms with E-state index in [1.807, 2.05) is 24.3 Å². The van der Waals surface area contributed by atoms with Crippen LogP contribution in [-0.2, 0) is 9.53 Å². The molecule has 1 aromatic heterocycles. The van der Waals surface area contributed by atoms with Gasteiger partial charge in [-0.05, 0) is 24.3 Å². The first-order chi connectivity index (χ1) is 12.3. The second-order valence-electron chi connectivity index (χ2n) is 5.85. The van der Waals surface area contributed by atoms with Crippen molar-refractivity contribution in [2.75, 3.05) is 43.1 Å². The summed E-state index contributed by atoms with van der Waals surface area (Å²) < 4.78 is 16.6. The number of fused-ring (bicyclic) bond motifs is 1. The highest BCUT2D eigenvalue weighted by Gasteiger charge is 2.27. The molecule has 0 unspecified atom stereocenters. The molecule has 4 rings (SSSR count). The van der Waals surface area contributed by atoms with Gasteiger partial charge in [-0.2, -0.15) is 0 Å². The van der Waals surface area contributed by atoms with Gasteiger partial charge in [0.05, 0.1) is 25.1 Å². The maximum absolute atomic E-state index is 12.4. The number of amides is 1. The zero-order chi connectivity index (χ0) is 17.1. The lowest BCUT2D eigenvalue weighted by molar-refractivity contribution is -0.125. The fourth-order valence-electron chi connectivity index (χ4n) is 2.82. The van der Waals surface area contributed by atoms with Crippen LogP contribution in [0.25, 0.3) is 0 Å². The van der Waals surface area contributed by atoms with Gasteiger partial charge in [0.1, 0.15) is 12.4 Å². The van der Waals surface area contributed by atoms with Crippen molar-refractivity contribution >= 4 is 17.4 Å². The Balaban J connectivity index is 1.38. The highest BCUT2D eigenvalue weighted by molar-refractivity contribution is 5.94. The summed E-state index contributed by atoms with van der Waals surface area (Å²) in [6.07, 6.45) is 1.06. The van der Waals surface area contributed by atoms with Gasteiger partial charge in [0.2, 0.25) is 6.10 Å². The molecule has 7 heteroatoms. The molecule has 130 valence electrons. The molecule has 0 radical (unpaired) electrons. The van der Waals surface area contributed by atoms with Gasteiger partial charge in [-0.25, -0.2) is 4.98 Å². The van der Waals surface area contributed by atoms with Crippen LogP contribution < -0.4 is 19.7 Å². The molecule has 1 amide bonds. The number of ether oxygens (including phenoxy) is 3. The Labute approximate surface area is 145 Å². The van der Waals surface area contributed by atoms with Gasteiger partial charge in [-0.15, -0.1) is 0 Å². The van der Waals surface area contributed by atoms with Crippen molar-refractivity contribution in [2.24, 2.45) is 0 Å². The molecule has 0 spiro atoms. The van der Waals surface area contributed by atoms with Crippen LogP contribution in [0.3, 0.4) is 0 Å². The molecule has 1 fully saturated rings. The highest BCUT2D eigenvalue weighted by atomic mass is 16.6. The van der Waals surface area contributed by atoms with Crippen LogP contribution in [0.2, 0.25) is 0 Å². The number of benzene rings is 1. The van der Waals surface area contributed by atoms with Gasteiger partial charge < -0.3 is 24.4 Å². The monoisotopic (exact) mass is 341 g/mol. The van der Waals surface area contributed by atoms with Crippen molar-refractivity contribution < 1.29 is 19.0 Å². The average molecular weight is 341 g/mol. The maximum atomic E-state index is 12.4. The summed E-state index contributed by atoms with van der Waals surface area (Å²) in [6, 6.07) is 11.0. The van der Waals surface area contributed by atoms with Crippen molar-refractivity contribution in [2.45, 2.75) is 6.10 Å². The smallest absolute Gasteiger partial charge is 0.270 e. The van der Waals surface area contributed by atoms with E-state index in [9.17, 15) is 4.79 Å². The lowest BCUT2D eigenvalue weighted by Gasteiger charge is -2.28. The third kappa shape index (κ3) is 3.51. The Hall–Kier alpha value is -2.80. The molecule has 2 aliphatic heterocycles. The summed E-state index contributed by atoms with van der Waals surface area (Å²) >= 11 is 0. The standard InChI is InChI=1S/C18H19N3O4/c22-18(16-12-24-14-3-1-2-4-15(14)25-16)20-17-6-5-13(11-19-17)21-7-9-23-10-8-21/h1-6,11,16H,7-10,12H2,(H,19,20,22)/t16-/m1/s1. The lowest BCUT2D eigenvalue weighted by atomic mass is 10.2. The molecule has 1 N–H and O–H groups in total. The van der Waals surface area contributed by atoms with Crippen molar-refractivity contribution in [1.82, 2.24) is 4.98 Å². The fraction of sp³-hybridized carbons (Fsp3) is 0.333. The SMILES string of the molecule is O=C(Nc1ccc(N2CCOCC2)cn1)[C@H]1COc2ccccc2O1. The Kier molecular flexibility index (Phi) is 4.39. The van der Waals surface area contributed by atoms with E-state index in [4.69, 9.17) is 14.2 Å². The van der Waals surface area contributed by atoms with E-state index < -0.39 is 6.10 Å². The van der Waals surface area contributed by atoms with Crippen molar-refractivity contribution in [1.29, 1.82) is 0 Å². The summed E-state index contributed by atoms with van der Waals surface area (Å²) in [5.74, 6) is 1.44. The number of pyridine rings is 1. The average Bonchev–Trinajstić information content (AvgIpc) is 2.69. The van der Waals surface area contributed by atoms with E-state index in [0.717, 1.165) is 32.0 Å². The number of hydrogen-bond donors (Lipinski definition) is 1. The number of carbonyl (C=O) groups is 1. The van der Waals surface area contributed by atoms with E-state index in [-0.39, 0.29) is 12.5 Å². The molecule has 25 heavy (non-hydrogen) atoms. The third-order valence-electron chi connectivity index (χ3n) is 4.18. The predicted octanol–water partition coefficient (Wildman–Crippen LogP) is 1.70.